The zero-order valence-electron chi connectivity index (χ0n) is 7.14. The van der Waals surface area contributed by atoms with Crippen LogP contribution in [0.1, 0.15) is 6.42 Å². The number of hydrogen-bond donors (Lipinski definition) is 3. The van der Waals surface area contributed by atoms with Crippen molar-refractivity contribution in [3.8, 4) is 0 Å². The van der Waals surface area contributed by atoms with Crippen LogP contribution in [0.15, 0.2) is 12.8 Å². The minimum Gasteiger partial charge on any atom is -0.505 e. The van der Waals surface area contributed by atoms with Crippen LogP contribution in [-0.4, -0.2) is 40.5 Å². The van der Waals surface area contributed by atoms with Crippen LogP contribution in [0.3, 0.4) is 0 Å². The van der Waals surface area contributed by atoms with E-state index in [0.29, 0.717) is 0 Å². The standard InChI is InChI=1S/C4H6O5.C3H6O/c5-2(4(8)9)1-3(6)7;1-3-4-2/h2,5H,1H2,(H,6,7)(H,8,9);3H,1H2,2H3. The van der Waals surface area contributed by atoms with Crippen molar-refractivity contribution in [1.29, 1.82) is 0 Å². The predicted octanol–water partition coefficient (Wildman–Crippen LogP) is -0.317. The lowest BCUT2D eigenvalue weighted by Gasteiger charge is -1.97. The van der Waals surface area contributed by atoms with Crippen LogP contribution in [0.25, 0.3) is 0 Å². The number of rotatable bonds is 4. The zero-order chi connectivity index (χ0) is 10.9. The molecule has 0 amide bonds. The van der Waals surface area contributed by atoms with E-state index in [-0.39, 0.29) is 0 Å². The highest BCUT2D eigenvalue weighted by Gasteiger charge is 2.16. The van der Waals surface area contributed by atoms with E-state index in [9.17, 15) is 9.59 Å². The smallest absolute Gasteiger partial charge is 0.333 e. The van der Waals surface area contributed by atoms with Crippen molar-refractivity contribution in [2.75, 3.05) is 7.11 Å². The summed E-state index contributed by atoms with van der Waals surface area (Å²) >= 11 is 0. The topological polar surface area (TPSA) is 104 Å². The maximum atomic E-state index is 9.72. The summed E-state index contributed by atoms with van der Waals surface area (Å²) in [5.41, 5.74) is 0. The molecule has 1 atom stereocenters. The molecule has 0 saturated heterocycles. The molecule has 0 aliphatic rings. The van der Waals surface area contributed by atoms with Gasteiger partial charge in [0.25, 0.3) is 0 Å². The van der Waals surface area contributed by atoms with Gasteiger partial charge in [0.15, 0.2) is 6.10 Å². The highest BCUT2D eigenvalue weighted by atomic mass is 16.5. The average molecular weight is 192 g/mol. The first-order valence-corrected chi connectivity index (χ1v) is 3.22. The van der Waals surface area contributed by atoms with Gasteiger partial charge in [0.1, 0.15) is 0 Å². The quantitative estimate of drug-likeness (QED) is 0.527. The fraction of sp³-hybridized carbons (Fsp3) is 0.429. The van der Waals surface area contributed by atoms with Gasteiger partial charge in [-0.3, -0.25) is 4.79 Å². The third kappa shape index (κ3) is 13.4. The summed E-state index contributed by atoms with van der Waals surface area (Å²) in [5.74, 6) is -2.85. The molecule has 0 radical (unpaired) electrons. The maximum Gasteiger partial charge on any atom is 0.333 e. The molecule has 0 aromatic rings. The Morgan fingerprint density at radius 2 is 1.92 bits per heavy atom. The molecule has 0 heterocycles. The van der Waals surface area contributed by atoms with E-state index in [4.69, 9.17) is 15.3 Å². The Labute approximate surface area is 75.1 Å². The molecule has 76 valence electrons. The van der Waals surface area contributed by atoms with Crippen LogP contribution in [0.5, 0.6) is 0 Å². The lowest BCUT2D eigenvalue weighted by Crippen LogP contribution is -2.22. The van der Waals surface area contributed by atoms with E-state index >= 15 is 0 Å². The molecule has 0 fully saturated rings. The van der Waals surface area contributed by atoms with Gasteiger partial charge in [-0.05, 0) is 0 Å². The Hall–Kier alpha value is -1.56. The first-order chi connectivity index (χ1) is 5.95. The van der Waals surface area contributed by atoms with Gasteiger partial charge in [-0.15, -0.1) is 0 Å². The molecule has 0 aliphatic heterocycles. The molecule has 0 spiro atoms. The third-order valence-corrected chi connectivity index (χ3v) is 0.820. The third-order valence-electron chi connectivity index (χ3n) is 0.820. The first-order valence-electron chi connectivity index (χ1n) is 3.22. The molecule has 6 heteroatoms. The second kappa shape index (κ2) is 8.54. The van der Waals surface area contributed by atoms with Gasteiger partial charge in [0.05, 0.1) is 19.8 Å². The molecule has 0 saturated carbocycles. The van der Waals surface area contributed by atoms with Crippen molar-refractivity contribution in [2.45, 2.75) is 12.5 Å². The molecular weight excluding hydrogens is 180 g/mol. The van der Waals surface area contributed by atoms with E-state index in [1.165, 1.54) is 6.26 Å². The number of hydrogen-bond acceptors (Lipinski definition) is 4. The lowest BCUT2D eigenvalue weighted by atomic mass is 10.3. The van der Waals surface area contributed by atoms with Gasteiger partial charge in [0, 0.05) is 0 Å². The van der Waals surface area contributed by atoms with Crippen molar-refractivity contribution in [2.24, 2.45) is 0 Å². The van der Waals surface area contributed by atoms with Crippen molar-refractivity contribution in [3.05, 3.63) is 12.8 Å². The van der Waals surface area contributed by atoms with E-state index < -0.39 is 24.5 Å². The van der Waals surface area contributed by atoms with Gasteiger partial charge in [-0.25, -0.2) is 4.79 Å². The summed E-state index contributed by atoms with van der Waals surface area (Å²) < 4.78 is 4.31. The van der Waals surface area contributed by atoms with E-state index in [0.717, 1.165) is 0 Å². The van der Waals surface area contributed by atoms with E-state index in [1.807, 2.05) is 0 Å². The molecule has 0 rings (SSSR count). The molecule has 0 aromatic carbocycles. The van der Waals surface area contributed by atoms with Gasteiger partial charge in [-0.2, -0.15) is 0 Å². The second-order valence-corrected chi connectivity index (χ2v) is 1.85. The number of aliphatic hydroxyl groups is 1. The summed E-state index contributed by atoms with van der Waals surface area (Å²) in [6.07, 6.45) is -1.17. The van der Waals surface area contributed by atoms with Crippen LogP contribution in [0.4, 0.5) is 0 Å². The van der Waals surface area contributed by atoms with E-state index in [2.05, 4.69) is 11.3 Å². The summed E-state index contributed by atoms with van der Waals surface area (Å²) in [6.45, 7) is 3.26. The molecule has 0 bridgehead atoms. The molecular formula is C7H12O6. The van der Waals surface area contributed by atoms with Gasteiger partial charge < -0.3 is 20.1 Å². The Morgan fingerprint density at radius 3 is 2.00 bits per heavy atom. The fourth-order valence-electron chi connectivity index (χ4n) is 0.253. The van der Waals surface area contributed by atoms with Crippen LogP contribution < -0.4 is 0 Å². The highest BCUT2D eigenvalue weighted by Crippen LogP contribution is 1.89. The Bertz CT molecular complexity index is 176. The Balaban J connectivity index is 0. The SMILES string of the molecule is C=COC.O=C(O)CC(O)C(=O)O. The van der Waals surface area contributed by atoms with Crippen molar-refractivity contribution in [3.63, 3.8) is 0 Å². The first kappa shape index (κ1) is 14.0. The molecule has 6 nitrogen and oxygen atoms in total. The molecule has 1 unspecified atom stereocenters. The number of carbonyl (C=O) groups is 2. The van der Waals surface area contributed by atoms with Crippen LogP contribution in [0, 0.1) is 0 Å². The molecule has 0 aliphatic carbocycles. The van der Waals surface area contributed by atoms with Gasteiger partial charge in [-0.1, -0.05) is 6.58 Å². The van der Waals surface area contributed by atoms with Crippen molar-refractivity contribution in [1.82, 2.24) is 0 Å². The number of ether oxygens (including phenoxy) is 1. The fourth-order valence-corrected chi connectivity index (χ4v) is 0.253. The second-order valence-electron chi connectivity index (χ2n) is 1.85. The van der Waals surface area contributed by atoms with Crippen LogP contribution >= 0.6 is 0 Å². The summed E-state index contributed by atoms with van der Waals surface area (Å²) in [5, 5.41) is 24.1. The molecule has 13 heavy (non-hydrogen) atoms. The predicted molar refractivity (Wildman–Crippen MR) is 43.1 cm³/mol. The summed E-state index contributed by atoms with van der Waals surface area (Å²) in [6, 6.07) is 0. The van der Waals surface area contributed by atoms with Gasteiger partial charge in [0.2, 0.25) is 0 Å². The summed E-state index contributed by atoms with van der Waals surface area (Å²) in [7, 11) is 1.56. The number of carboxylic acids is 2. The van der Waals surface area contributed by atoms with E-state index in [1.54, 1.807) is 7.11 Å². The van der Waals surface area contributed by atoms with Crippen molar-refractivity contribution < 1.29 is 29.6 Å². The van der Waals surface area contributed by atoms with Gasteiger partial charge >= 0.3 is 11.9 Å². The normalized spacial score (nSPS) is 10.3. The monoisotopic (exact) mass is 192 g/mol. The highest BCUT2D eigenvalue weighted by molar-refractivity contribution is 5.79. The minimum atomic E-state index is -1.79. The lowest BCUT2D eigenvalue weighted by molar-refractivity contribution is -0.152. The zero-order valence-corrected chi connectivity index (χ0v) is 7.14. The minimum absolute atomic E-state index is 0.755. The van der Waals surface area contributed by atoms with Crippen LogP contribution in [-0.2, 0) is 14.3 Å². The number of carboxylic acid groups (broad SMARTS) is 2. The molecule has 0 aromatic heterocycles. The maximum absolute atomic E-state index is 9.72. The number of aliphatic hydroxyl groups excluding tert-OH is 1. The van der Waals surface area contributed by atoms with Crippen molar-refractivity contribution >= 4 is 11.9 Å². The Kier molecular flexibility index (Phi) is 9.19. The number of methoxy groups -OCH3 is 1. The molecule has 3 N–H and O–H groups in total. The average Bonchev–Trinajstić information content (AvgIpc) is 2.03. The number of aliphatic carboxylic acids is 2. The van der Waals surface area contributed by atoms with Crippen LogP contribution in [0.2, 0.25) is 0 Å². The summed E-state index contributed by atoms with van der Waals surface area (Å²) in [4.78, 5) is 19.4. The largest absolute Gasteiger partial charge is 0.505 e. The Morgan fingerprint density at radius 1 is 1.54 bits per heavy atom.